The summed E-state index contributed by atoms with van der Waals surface area (Å²) in [6.07, 6.45) is 0.487. The molecule has 0 saturated carbocycles. The van der Waals surface area contributed by atoms with Crippen LogP contribution in [0.25, 0.3) is 0 Å². The van der Waals surface area contributed by atoms with Crippen molar-refractivity contribution in [2.75, 3.05) is 0 Å². The Bertz CT molecular complexity index is 208. The van der Waals surface area contributed by atoms with Gasteiger partial charge in [-0.3, -0.25) is 9.79 Å². The third-order valence-electron chi connectivity index (χ3n) is 1.87. The van der Waals surface area contributed by atoms with Gasteiger partial charge in [0.2, 0.25) is 0 Å². The molecule has 3 N–H and O–H groups in total. The van der Waals surface area contributed by atoms with Crippen LogP contribution in [0, 0.1) is 0 Å². The molecular weight excluding hydrogens is 176 g/mol. The number of carbonyl (C=O) groups is 1. The molecule has 1 heterocycles. The minimum absolute atomic E-state index is 0.195. The van der Waals surface area contributed by atoms with Gasteiger partial charge in [-0.15, -0.1) is 11.8 Å². The zero-order chi connectivity index (χ0) is 9.14. The quantitative estimate of drug-likeness (QED) is 0.668. The van der Waals surface area contributed by atoms with E-state index in [9.17, 15) is 4.79 Å². The molecule has 4 nitrogen and oxygen atoms in total. The summed E-state index contributed by atoms with van der Waals surface area (Å²) in [7, 11) is 0. The highest BCUT2D eigenvalue weighted by Crippen LogP contribution is 2.25. The van der Waals surface area contributed by atoms with Crippen molar-refractivity contribution in [3.8, 4) is 0 Å². The predicted molar refractivity (Wildman–Crippen MR) is 49.6 cm³/mol. The van der Waals surface area contributed by atoms with Crippen LogP contribution in [0.1, 0.15) is 13.3 Å². The molecule has 0 aromatic heterocycles. The molecular formula is C7H12N2O2S. The molecule has 0 aliphatic carbocycles. The molecule has 12 heavy (non-hydrogen) atoms. The topological polar surface area (TPSA) is 75.7 Å². The van der Waals surface area contributed by atoms with Crippen molar-refractivity contribution >= 4 is 23.3 Å². The van der Waals surface area contributed by atoms with E-state index in [2.05, 4.69) is 4.99 Å². The molecule has 0 aromatic rings. The van der Waals surface area contributed by atoms with E-state index in [0.717, 1.165) is 0 Å². The SMILES string of the molecule is CC1N=CSC1C[C@H](N)C(=O)O. The van der Waals surface area contributed by atoms with Crippen LogP contribution in [0.3, 0.4) is 0 Å². The Balaban J connectivity index is 2.37. The predicted octanol–water partition coefficient (Wildman–Crippen LogP) is 0.321. The first-order chi connectivity index (χ1) is 5.61. The van der Waals surface area contributed by atoms with E-state index in [1.807, 2.05) is 6.92 Å². The molecule has 2 unspecified atom stereocenters. The number of hydrogen-bond acceptors (Lipinski definition) is 4. The molecule has 0 radical (unpaired) electrons. The highest BCUT2D eigenvalue weighted by Gasteiger charge is 2.25. The average molecular weight is 188 g/mol. The van der Waals surface area contributed by atoms with Crippen molar-refractivity contribution < 1.29 is 9.90 Å². The fraction of sp³-hybridized carbons (Fsp3) is 0.714. The highest BCUT2D eigenvalue weighted by atomic mass is 32.2. The van der Waals surface area contributed by atoms with Crippen molar-refractivity contribution in [2.24, 2.45) is 10.7 Å². The normalized spacial score (nSPS) is 30.5. The van der Waals surface area contributed by atoms with E-state index in [4.69, 9.17) is 10.8 Å². The summed E-state index contributed by atoms with van der Waals surface area (Å²) in [5, 5.41) is 8.79. The number of aliphatic carboxylic acids is 1. The van der Waals surface area contributed by atoms with Gasteiger partial charge >= 0.3 is 5.97 Å². The summed E-state index contributed by atoms with van der Waals surface area (Å²) in [6.45, 7) is 1.97. The summed E-state index contributed by atoms with van der Waals surface area (Å²) >= 11 is 1.56. The number of carboxylic acid groups (broad SMARTS) is 1. The summed E-state index contributed by atoms with van der Waals surface area (Å²) in [5.41, 5.74) is 7.16. The monoisotopic (exact) mass is 188 g/mol. The first-order valence-corrected chi connectivity index (χ1v) is 4.71. The summed E-state index contributed by atoms with van der Waals surface area (Å²) in [5.74, 6) is -0.935. The van der Waals surface area contributed by atoms with E-state index >= 15 is 0 Å². The first-order valence-electron chi connectivity index (χ1n) is 3.76. The number of thioether (sulfide) groups is 1. The lowest BCUT2D eigenvalue weighted by molar-refractivity contribution is -0.138. The Kier molecular flexibility index (Phi) is 3.11. The van der Waals surface area contributed by atoms with Gasteiger partial charge in [0.15, 0.2) is 0 Å². The van der Waals surface area contributed by atoms with Gasteiger partial charge in [0.1, 0.15) is 6.04 Å². The smallest absolute Gasteiger partial charge is 0.320 e. The lowest BCUT2D eigenvalue weighted by Crippen LogP contribution is -2.35. The largest absolute Gasteiger partial charge is 0.480 e. The van der Waals surface area contributed by atoms with Crippen molar-refractivity contribution in [3.05, 3.63) is 0 Å². The van der Waals surface area contributed by atoms with Gasteiger partial charge in [-0.1, -0.05) is 0 Å². The number of rotatable bonds is 3. The van der Waals surface area contributed by atoms with Crippen LogP contribution < -0.4 is 5.73 Å². The first kappa shape index (κ1) is 9.54. The number of aliphatic imine (C=N–C) groups is 1. The zero-order valence-corrected chi connectivity index (χ0v) is 7.62. The van der Waals surface area contributed by atoms with Crippen LogP contribution in [0.15, 0.2) is 4.99 Å². The van der Waals surface area contributed by atoms with Crippen LogP contribution >= 0.6 is 11.8 Å². The molecule has 0 spiro atoms. The number of carboxylic acids is 1. The summed E-state index contributed by atoms with van der Waals surface area (Å²) < 4.78 is 0. The average Bonchev–Trinajstić information content (AvgIpc) is 2.36. The van der Waals surface area contributed by atoms with Gasteiger partial charge in [0, 0.05) is 5.25 Å². The van der Waals surface area contributed by atoms with Gasteiger partial charge in [-0.2, -0.15) is 0 Å². The molecule has 0 amide bonds. The standard InChI is InChI=1S/C7H12N2O2S/c1-4-6(12-3-9-4)2-5(8)7(10)11/h3-6H,2,8H2,1H3,(H,10,11)/t4?,5-,6?/m0/s1. The molecule has 68 valence electrons. The maximum atomic E-state index is 10.4. The molecule has 3 atom stereocenters. The maximum absolute atomic E-state index is 10.4. The molecule has 1 rings (SSSR count). The Morgan fingerprint density at radius 1 is 1.92 bits per heavy atom. The second-order valence-electron chi connectivity index (χ2n) is 2.85. The molecule has 1 aliphatic heterocycles. The summed E-state index contributed by atoms with van der Waals surface area (Å²) in [4.78, 5) is 14.5. The Labute approximate surface area is 75.2 Å². The highest BCUT2D eigenvalue weighted by molar-refractivity contribution is 8.12. The van der Waals surface area contributed by atoms with Crippen molar-refractivity contribution in [1.82, 2.24) is 0 Å². The molecule has 1 aliphatic rings. The van der Waals surface area contributed by atoms with Gasteiger partial charge < -0.3 is 10.8 Å². The molecule has 5 heteroatoms. The Morgan fingerprint density at radius 3 is 3.00 bits per heavy atom. The number of hydrogen-bond donors (Lipinski definition) is 2. The van der Waals surface area contributed by atoms with Gasteiger partial charge in [-0.05, 0) is 13.3 Å². The molecule has 0 aromatic carbocycles. The van der Waals surface area contributed by atoms with E-state index in [1.165, 1.54) is 0 Å². The number of nitrogens with two attached hydrogens (primary N) is 1. The zero-order valence-electron chi connectivity index (χ0n) is 6.80. The van der Waals surface area contributed by atoms with Crippen LogP contribution in [0.2, 0.25) is 0 Å². The lowest BCUT2D eigenvalue weighted by atomic mass is 10.1. The minimum Gasteiger partial charge on any atom is -0.480 e. The van der Waals surface area contributed by atoms with Gasteiger partial charge in [0.25, 0.3) is 0 Å². The molecule has 0 saturated heterocycles. The molecule has 0 fully saturated rings. The Morgan fingerprint density at radius 2 is 2.58 bits per heavy atom. The van der Waals surface area contributed by atoms with Crippen LogP contribution in [0.4, 0.5) is 0 Å². The van der Waals surface area contributed by atoms with Crippen molar-refractivity contribution in [1.29, 1.82) is 0 Å². The number of nitrogens with zero attached hydrogens (tertiary/aromatic N) is 1. The van der Waals surface area contributed by atoms with Gasteiger partial charge in [0.05, 0.1) is 11.6 Å². The second kappa shape index (κ2) is 3.91. The maximum Gasteiger partial charge on any atom is 0.320 e. The fourth-order valence-corrected chi connectivity index (χ4v) is 2.06. The fourth-order valence-electron chi connectivity index (χ4n) is 1.02. The van der Waals surface area contributed by atoms with E-state index < -0.39 is 12.0 Å². The van der Waals surface area contributed by atoms with Crippen LogP contribution in [-0.4, -0.2) is 34.0 Å². The second-order valence-corrected chi connectivity index (χ2v) is 3.94. The van der Waals surface area contributed by atoms with Crippen LogP contribution in [-0.2, 0) is 4.79 Å². The van der Waals surface area contributed by atoms with Crippen LogP contribution in [0.5, 0.6) is 0 Å². The molecule has 0 bridgehead atoms. The van der Waals surface area contributed by atoms with Crippen molar-refractivity contribution in [3.63, 3.8) is 0 Å². The van der Waals surface area contributed by atoms with Gasteiger partial charge in [-0.25, -0.2) is 0 Å². The summed E-state index contributed by atoms with van der Waals surface area (Å²) in [6, 6.07) is -0.563. The third kappa shape index (κ3) is 2.22. The van der Waals surface area contributed by atoms with E-state index in [-0.39, 0.29) is 11.3 Å². The van der Waals surface area contributed by atoms with E-state index in [0.29, 0.717) is 6.42 Å². The Hall–Kier alpha value is -0.550. The minimum atomic E-state index is -0.935. The third-order valence-corrected chi connectivity index (χ3v) is 3.05. The van der Waals surface area contributed by atoms with Crippen molar-refractivity contribution in [2.45, 2.75) is 30.7 Å². The van der Waals surface area contributed by atoms with E-state index in [1.54, 1.807) is 17.3 Å². The lowest BCUT2D eigenvalue weighted by Gasteiger charge is -2.14.